The van der Waals surface area contributed by atoms with Crippen LogP contribution in [0.15, 0.2) is 17.5 Å². The molecule has 29 heavy (non-hydrogen) atoms. The molecule has 1 aliphatic rings. The highest BCUT2D eigenvalue weighted by atomic mass is 16.6. The molecule has 0 aromatic rings. The molecule has 0 aromatic carbocycles. The summed E-state index contributed by atoms with van der Waals surface area (Å²) in [7, 11) is 1.36. The molecule has 0 spiro atoms. The minimum Gasteiger partial charge on any atom is -0.382 e. The molecule has 11 heteroatoms. The Hall–Kier alpha value is -2.79. The lowest BCUT2D eigenvalue weighted by molar-refractivity contribution is -0.131. The SMILES string of the molecule is C=C(C)O/N=C(\C)C(=O)N[C@@H](COC)C(=O)NCC(=O)N[C@@H](C)C(=O)[C@@]1(C)CO1. The van der Waals surface area contributed by atoms with Crippen LogP contribution in [0.5, 0.6) is 0 Å². The molecule has 1 aliphatic heterocycles. The number of amides is 3. The van der Waals surface area contributed by atoms with E-state index >= 15 is 0 Å². The summed E-state index contributed by atoms with van der Waals surface area (Å²) < 4.78 is 9.99. The van der Waals surface area contributed by atoms with Crippen LogP contribution in [0.3, 0.4) is 0 Å². The second kappa shape index (κ2) is 10.7. The van der Waals surface area contributed by atoms with Crippen molar-refractivity contribution in [3.8, 4) is 0 Å². The monoisotopic (exact) mass is 412 g/mol. The summed E-state index contributed by atoms with van der Waals surface area (Å²) in [6, 6.07) is -1.82. The van der Waals surface area contributed by atoms with Gasteiger partial charge in [-0.05, 0) is 27.7 Å². The number of hydrogen-bond acceptors (Lipinski definition) is 8. The number of Topliss-reactive ketones (excluding diaryl/α,β-unsaturated/α-hetero) is 1. The van der Waals surface area contributed by atoms with Gasteiger partial charge in [0.2, 0.25) is 11.8 Å². The number of carbonyl (C=O) groups is 4. The summed E-state index contributed by atoms with van der Waals surface area (Å²) in [5, 5.41) is 10.9. The van der Waals surface area contributed by atoms with Crippen molar-refractivity contribution in [1.82, 2.24) is 16.0 Å². The predicted octanol–water partition coefficient (Wildman–Crippen LogP) is -0.977. The number of hydrogen-bond donors (Lipinski definition) is 3. The molecule has 11 nitrogen and oxygen atoms in total. The number of carbonyl (C=O) groups excluding carboxylic acids is 4. The normalized spacial score (nSPS) is 20.1. The van der Waals surface area contributed by atoms with Gasteiger partial charge in [0.1, 0.15) is 23.1 Å². The number of methoxy groups -OCH3 is 1. The lowest BCUT2D eigenvalue weighted by Gasteiger charge is -2.18. The molecule has 3 amide bonds. The first-order valence-corrected chi connectivity index (χ1v) is 8.92. The Kier molecular flexibility index (Phi) is 8.92. The van der Waals surface area contributed by atoms with E-state index in [1.54, 1.807) is 13.8 Å². The number of nitrogens with one attached hydrogen (secondary N) is 3. The standard InChI is InChI=1S/C18H28N4O7/c1-10(2)29-22-12(4)16(25)21-13(8-27-6)17(26)19-7-14(23)20-11(3)15(24)18(5)9-28-18/h11,13H,1,7-9H2,2-6H3,(H,19,26)(H,20,23)(H,21,25)/b22-12+/t11-,13-,18+/m0/s1. The van der Waals surface area contributed by atoms with Crippen molar-refractivity contribution in [3.05, 3.63) is 12.3 Å². The largest absolute Gasteiger partial charge is 0.382 e. The molecule has 0 unspecified atom stereocenters. The molecular formula is C18H28N4O7. The second-order valence-electron chi connectivity index (χ2n) is 6.84. The third kappa shape index (κ3) is 8.00. The van der Waals surface area contributed by atoms with E-state index < -0.39 is 35.4 Å². The maximum Gasteiger partial charge on any atom is 0.269 e. The molecule has 1 heterocycles. The lowest BCUT2D eigenvalue weighted by atomic mass is 10.0. The van der Waals surface area contributed by atoms with Crippen molar-refractivity contribution in [3.63, 3.8) is 0 Å². The van der Waals surface area contributed by atoms with Crippen molar-refractivity contribution in [2.45, 2.75) is 45.4 Å². The average Bonchev–Trinajstić information content (AvgIpc) is 3.41. The fraction of sp³-hybridized carbons (Fsp3) is 0.611. The van der Waals surface area contributed by atoms with Crippen molar-refractivity contribution in [1.29, 1.82) is 0 Å². The van der Waals surface area contributed by atoms with E-state index in [1.165, 1.54) is 21.0 Å². The molecule has 1 fully saturated rings. The van der Waals surface area contributed by atoms with Crippen molar-refractivity contribution in [2.75, 3.05) is 26.9 Å². The molecule has 0 saturated carbocycles. The van der Waals surface area contributed by atoms with Gasteiger partial charge in [-0.15, -0.1) is 0 Å². The molecule has 0 aliphatic carbocycles. The number of epoxide rings is 1. The van der Waals surface area contributed by atoms with E-state index in [9.17, 15) is 19.2 Å². The molecule has 162 valence electrons. The first-order chi connectivity index (χ1) is 13.5. The summed E-state index contributed by atoms with van der Waals surface area (Å²) in [6.07, 6.45) is 0. The van der Waals surface area contributed by atoms with Gasteiger partial charge in [0, 0.05) is 7.11 Å². The summed E-state index contributed by atoms with van der Waals surface area (Å²) in [4.78, 5) is 53.2. The Morgan fingerprint density at radius 2 is 1.86 bits per heavy atom. The molecule has 1 rings (SSSR count). The van der Waals surface area contributed by atoms with Crippen LogP contribution < -0.4 is 16.0 Å². The molecule has 1 saturated heterocycles. The van der Waals surface area contributed by atoms with E-state index in [0.29, 0.717) is 12.4 Å². The van der Waals surface area contributed by atoms with E-state index in [1.807, 2.05) is 0 Å². The van der Waals surface area contributed by atoms with Gasteiger partial charge in [-0.2, -0.15) is 0 Å². The van der Waals surface area contributed by atoms with E-state index in [-0.39, 0.29) is 24.6 Å². The van der Waals surface area contributed by atoms with Gasteiger partial charge in [0.15, 0.2) is 5.78 Å². The van der Waals surface area contributed by atoms with Gasteiger partial charge in [0.05, 0.1) is 25.8 Å². The van der Waals surface area contributed by atoms with Crippen LogP contribution in [-0.2, 0) is 33.5 Å². The number of rotatable bonds is 12. The predicted molar refractivity (Wildman–Crippen MR) is 103 cm³/mol. The number of allylic oxidation sites excluding steroid dienone is 1. The maximum absolute atomic E-state index is 12.3. The van der Waals surface area contributed by atoms with Crippen LogP contribution in [-0.4, -0.2) is 73.8 Å². The van der Waals surface area contributed by atoms with Gasteiger partial charge in [-0.3, -0.25) is 19.2 Å². The average molecular weight is 412 g/mol. The Morgan fingerprint density at radius 3 is 2.38 bits per heavy atom. The third-order valence-electron chi connectivity index (χ3n) is 3.91. The number of oxime groups is 1. The van der Waals surface area contributed by atoms with Gasteiger partial charge < -0.3 is 30.3 Å². The van der Waals surface area contributed by atoms with Crippen LogP contribution >= 0.6 is 0 Å². The molecule has 3 atom stereocenters. The van der Waals surface area contributed by atoms with Gasteiger partial charge in [-0.1, -0.05) is 11.7 Å². The number of ether oxygens (including phenoxy) is 2. The first-order valence-electron chi connectivity index (χ1n) is 8.92. The van der Waals surface area contributed by atoms with Crippen LogP contribution in [0.2, 0.25) is 0 Å². The van der Waals surface area contributed by atoms with Gasteiger partial charge in [0.25, 0.3) is 5.91 Å². The number of nitrogens with zero attached hydrogens (tertiary/aromatic N) is 1. The molecule has 0 aromatic heterocycles. The second-order valence-corrected chi connectivity index (χ2v) is 6.84. The zero-order valence-electron chi connectivity index (χ0n) is 17.3. The minimum absolute atomic E-state index is 0.0252. The minimum atomic E-state index is -1.06. The summed E-state index contributed by atoms with van der Waals surface area (Å²) in [5.74, 6) is -1.79. The van der Waals surface area contributed by atoms with Gasteiger partial charge >= 0.3 is 0 Å². The third-order valence-corrected chi connectivity index (χ3v) is 3.91. The molecule has 0 radical (unpaired) electrons. The Morgan fingerprint density at radius 1 is 1.24 bits per heavy atom. The Labute approximate surface area is 169 Å². The van der Waals surface area contributed by atoms with E-state index in [0.717, 1.165) is 0 Å². The van der Waals surface area contributed by atoms with Crippen molar-refractivity contribution < 1.29 is 33.5 Å². The fourth-order valence-corrected chi connectivity index (χ4v) is 2.16. The Balaban J connectivity index is 2.53. The van der Waals surface area contributed by atoms with Crippen LogP contribution in [0.25, 0.3) is 0 Å². The lowest BCUT2D eigenvalue weighted by Crippen LogP contribution is -2.53. The summed E-state index contributed by atoms with van der Waals surface area (Å²) in [6.45, 7) is 9.44. The van der Waals surface area contributed by atoms with Crippen molar-refractivity contribution >= 4 is 29.2 Å². The summed E-state index contributed by atoms with van der Waals surface area (Å²) >= 11 is 0. The highest BCUT2D eigenvalue weighted by Gasteiger charge is 2.48. The van der Waals surface area contributed by atoms with E-state index in [4.69, 9.17) is 14.3 Å². The highest BCUT2D eigenvalue weighted by molar-refractivity contribution is 6.38. The molecule has 0 bridgehead atoms. The van der Waals surface area contributed by atoms with Crippen molar-refractivity contribution in [2.24, 2.45) is 5.16 Å². The number of ketones is 1. The highest BCUT2D eigenvalue weighted by Crippen LogP contribution is 2.28. The molecule has 3 N–H and O–H groups in total. The fourth-order valence-electron chi connectivity index (χ4n) is 2.16. The van der Waals surface area contributed by atoms with Crippen LogP contribution in [0.1, 0.15) is 27.7 Å². The molecular weight excluding hydrogens is 384 g/mol. The topological polar surface area (TPSA) is 148 Å². The first kappa shape index (κ1) is 24.2. The zero-order chi connectivity index (χ0) is 22.2. The Bertz CT molecular complexity index is 700. The smallest absolute Gasteiger partial charge is 0.269 e. The zero-order valence-corrected chi connectivity index (χ0v) is 17.3. The maximum atomic E-state index is 12.3. The van der Waals surface area contributed by atoms with Crippen LogP contribution in [0.4, 0.5) is 0 Å². The van der Waals surface area contributed by atoms with Crippen LogP contribution in [0, 0.1) is 0 Å². The summed E-state index contributed by atoms with van der Waals surface area (Å²) in [5.41, 5.74) is -0.875. The van der Waals surface area contributed by atoms with E-state index in [2.05, 4.69) is 27.7 Å². The quantitative estimate of drug-likeness (QED) is 0.162. The van der Waals surface area contributed by atoms with Gasteiger partial charge in [-0.25, -0.2) is 0 Å².